The number of carbonyl (C=O) groups excluding carboxylic acids is 2. The van der Waals surface area contributed by atoms with E-state index < -0.39 is 22.4 Å². The minimum atomic E-state index is -0.654. The molecule has 1 aromatic rings. The Morgan fingerprint density at radius 3 is 2.36 bits per heavy atom. The zero-order valence-corrected chi connectivity index (χ0v) is 15.3. The van der Waals surface area contributed by atoms with Crippen LogP contribution < -0.4 is 0 Å². The molecule has 0 bridgehead atoms. The van der Waals surface area contributed by atoms with E-state index in [4.69, 9.17) is 4.74 Å². The standard InChI is InChI=1S/C17H25N3O5/c1-17(2,3)25-15(21)12-19(10-9-18(4)5)16(22)13-7-6-8-14(11-13)20(23)24/h6-8,11H,9-10,12H2,1-5H3. The molecule has 0 aromatic heterocycles. The average molecular weight is 351 g/mol. The molecule has 0 saturated heterocycles. The van der Waals surface area contributed by atoms with Crippen LogP contribution in [0.3, 0.4) is 0 Å². The fourth-order valence-electron chi connectivity index (χ4n) is 2.04. The highest BCUT2D eigenvalue weighted by molar-refractivity contribution is 5.96. The summed E-state index contributed by atoms with van der Waals surface area (Å²) in [6.45, 7) is 5.87. The Labute approximate surface area is 147 Å². The number of nitrogens with zero attached hydrogens (tertiary/aromatic N) is 3. The molecule has 0 spiro atoms. The largest absolute Gasteiger partial charge is 0.459 e. The molecule has 0 aliphatic carbocycles. The minimum absolute atomic E-state index is 0.163. The molecule has 0 fully saturated rings. The summed E-state index contributed by atoms with van der Waals surface area (Å²) in [5.74, 6) is -0.971. The first kappa shape index (κ1) is 20.6. The molecule has 8 heteroatoms. The molecule has 0 atom stereocenters. The van der Waals surface area contributed by atoms with E-state index in [9.17, 15) is 19.7 Å². The summed E-state index contributed by atoms with van der Waals surface area (Å²) in [6.07, 6.45) is 0. The number of amides is 1. The Morgan fingerprint density at radius 2 is 1.84 bits per heavy atom. The van der Waals surface area contributed by atoms with Gasteiger partial charge in [0.1, 0.15) is 12.1 Å². The number of benzene rings is 1. The highest BCUT2D eigenvalue weighted by Crippen LogP contribution is 2.15. The molecule has 138 valence electrons. The molecule has 0 N–H and O–H groups in total. The summed E-state index contributed by atoms with van der Waals surface area (Å²) in [7, 11) is 3.70. The molecule has 0 unspecified atom stereocenters. The molecule has 8 nitrogen and oxygen atoms in total. The molecular formula is C17H25N3O5. The van der Waals surface area contributed by atoms with Crippen LogP contribution in [0.1, 0.15) is 31.1 Å². The van der Waals surface area contributed by atoms with Crippen LogP contribution in [0.15, 0.2) is 24.3 Å². The number of carbonyl (C=O) groups is 2. The van der Waals surface area contributed by atoms with E-state index >= 15 is 0 Å². The van der Waals surface area contributed by atoms with Crippen molar-refractivity contribution in [3.63, 3.8) is 0 Å². The Balaban J connectivity index is 2.97. The zero-order valence-electron chi connectivity index (χ0n) is 15.3. The number of nitro groups is 1. The second kappa shape index (κ2) is 8.57. The van der Waals surface area contributed by atoms with Gasteiger partial charge >= 0.3 is 5.97 Å². The van der Waals surface area contributed by atoms with Crippen LogP contribution in [-0.2, 0) is 9.53 Å². The van der Waals surface area contributed by atoms with Crippen LogP contribution in [0.25, 0.3) is 0 Å². The lowest BCUT2D eigenvalue weighted by Gasteiger charge is -2.26. The SMILES string of the molecule is CN(C)CCN(CC(=O)OC(C)(C)C)C(=O)c1cccc([N+](=O)[O-])c1. The van der Waals surface area contributed by atoms with Crippen molar-refractivity contribution in [2.24, 2.45) is 0 Å². The number of hydrogen-bond donors (Lipinski definition) is 0. The summed E-state index contributed by atoms with van der Waals surface area (Å²) in [6, 6.07) is 5.46. The van der Waals surface area contributed by atoms with Crippen molar-refractivity contribution in [3.8, 4) is 0 Å². The smallest absolute Gasteiger partial charge is 0.326 e. The van der Waals surface area contributed by atoms with Gasteiger partial charge in [0.05, 0.1) is 4.92 Å². The number of nitro benzene ring substituents is 1. The maximum Gasteiger partial charge on any atom is 0.326 e. The van der Waals surface area contributed by atoms with Crippen LogP contribution in [0.2, 0.25) is 0 Å². The molecule has 1 rings (SSSR count). The number of ether oxygens (including phenoxy) is 1. The summed E-state index contributed by atoms with van der Waals surface area (Å²) in [5, 5.41) is 10.9. The summed E-state index contributed by atoms with van der Waals surface area (Å²) in [4.78, 5) is 38.3. The Hall–Kier alpha value is -2.48. The number of likely N-dealkylation sites (N-methyl/N-ethyl adjacent to an activating group) is 1. The molecule has 0 aliphatic heterocycles. The van der Waals surface area contributed by atoms with Gasteiger partial charge in [-0.15, -0.1) is 0 Å². The van der Waals surface area contributed by atoms with E-state index in [0.717, 1.165) is 0 Å². The third-order valence-corrected chi connectivity index (χ3v) is 3.15. The molecule has 0 aliphatic rings. The average Bonchev–Trinajstić information content (AvgIpc) is 2.48. The fourth-order valence-corrected chi connectivity index (χ4v) is 2.04. The third kappa shape index (κ3) is 7.30. The maximum absolute atomic E-state index is 12.7. The van der Waals surface area contributed by atoms with Crippen molar-refractivity contribution >= 4 is 17.6 Å². The van der Waals surface area contributed by atoms with E-state index in [1.165, 1.54) is 29.2 Å². The van der Waals surface area contributed by atoms with Crippen LogP contribution in [0.4, 0.5) is 5.69 Å². The van der Waals surface area contributed by atoms with Crippen molar-refractivity contribution < 1.29 is 19.2 Å². The monoisotopic (exact) mass is 351 g/mol. The van der Waals surface area contributed by atoms with Gasteiger partial charge in [-0.3, -0.25) is 19.7 Å². The molecular weight excluding hydrogens is 326 g/mol. The van der Waals surface area contributed by atoms with Gasteiger partial charge in [0.15, 0.2) is 0 Å². The second-order valence-corrected chi connectivity index (χ2v) is 6.92. The Kier molecular flexibility index (Phi) is 7.05. The minimum Gasteiger partial charge on any atom is -0.459 e. The van der Waals surface area contributed by atoms with E-state index in [0.29, 0.717) is 13.1 Å². The van der Waals surface area contributed by atoms with Crippen LogP contribution in [0.5, 0.6) is 0 Å². The van der Waals surface area contributed by atoms with Gasteiger partial charge in [-0.05, 0) is 40.9 Å². The molecule has 0 heterocycles. The van der Waals surface area contributed by atoms with Gasteiger partial charge in [-0.25, -0.2) is 0 Å². The lowest BCUT2D eigenvalue weighted by atomic mass is 10.1. The lowest BCUT2D eigenvalue weighted by Crippen LogP contribution is -2.42. The third-order valence-electron chi connectivity index (χ3n) is 3.15. The van der Waals surface area contributed by atoms with Gasteiger partial charge in [-0.2, -0.15) is 0 Å². The van der Waals surface area contributed by atoms with Crippen molar-refractivity contribution in [2.45, 2.75) is 26.4 Å². The quantitative estimate of drug-likeness (QED) is 0.423. The Morgan fingerprint density at radius 1 is 1.20 bits per heavy atom. The number of non-ortho nitro benzene ring substituents is 1. The topological polar surface area (TPSA) is 93.0 Å². The van der Waals surface area contributed by atoms with Crippen LogP contribution >= 0.6 is 0 Å². The van der Waals surface area contributed by atoms with Gasteiger partial charge in [0.25, 0.3) is 11.6 Å². The lowest BCUT2D eigenvalue weighted by molar-refractivity contribution is -0.384. The van der Waals surface area contributed by atoms with Crippen molar-refractivity contribution in [3.05, 3.63) is 39.9 Å². The van der Waals surface area contributed by atoms with E-state index in [1.807, 2.05) is 19.0 Å². The highest BCUT2D eigenvalue weighted by atomic mass is 16.6. The van der Waals surface area contributed by atoms with Crippen molar-refractivity contribution in [1.82, 2.24) is 9.80 Å². The predicted octanol–water partition coefficient (Wildman–Crippen LogP) is 1.94. The van der Waals surface area contributed by atoms with E-state index in [-0.39, 0.29) is 17.8 Å². The van der Waals surface area contributed by atoms with E-state index in [1.54, 1.807) is 20.8 Å². The number of hydrogen-bond acceptors (Lipinski definition) is 6. The highest BCUT2D eigenvalue weighted by Gasteiger charge is 2.24. The maximum atomic E-state index is 12.7. The molecule has 0 radical (unpaired) electrons. The van der Waals surface area contributed by atoms with Gasteiger partial charge in [0, 0.05) is 30.8 Å². The first-order valence-corrected chi connectivity index (χ1v) is 7.90. The Bertz CT molecular complexity index is 637. The van der Waals surface area contributed by atoms with Gasteiger partial charge < -0.3 is 14.5 Å². The number of esters is 1. The normalized spacial score (nSPS) is 11.3. The van der Waals surface area contributed by atoms with Crippen molar-refractivity contribution in [1.29, 1.82) is 0 Å². The number of rotatable bonds is 7. The first-order chi connectivity index (χ1) is 11.5. The van der Waals surface area contributed by atoms with Crippen molar-refractivity contribution in [2.75, 3.05) is 33.7 Å². The summed E-state index contributed by atoms with van der Waals surface area (Å²) in [5.41, 5.74) is -0.661. The second-order valence-electron chi connectivity index (χ2n) is 6.92. The van der Waals surface area contributed by atoms with E-state index in [2.05, 4.69) is 0 Å². The van der Waals surface area contributed by atoms with Gasteiger partial charge in [0.2, 0.25) is 0 Å². The molecule has 25 heavy (non-hydrogen) atoms. The van der Waals surface area contributed by atoms with Gasteiger partial charge in [-0.1, -0.05) is 6.07 Å². The predicted molar refractivity (Wildman–Crippen MR) is 93.4 cm³/mol. The van der Waals surface area contributed by atoms with Crippen LogP contribution in [0, 0.1) is 10.1 Å². The molecule has 0 saturated carbocycles. The van der Waals surface area contributed by atoms with Crippen LogP contribution in [-0.4, -0.2) is 65.9 Å². The fraction of sp³-hybridized carbons (Fsp3) is 0.529. The summed E-state index contributed by atoms with van der Waals surface area (Å²) >= 11 is 0. The molecule has 1 amide bonds. The molecule has 1 aromatic carbocycles. The first-order valence-electron chi connectivity index (χ1n) is 7.90. The zero-order chi connectivity index (χ0) is 19.2. The summed E-state index contributed by atoms with van der Waals surface area (Å²) < 4.78 is 5.27.